The van der Waals surface area contributed by atoms with Crippen molar-refractivity contribution in [3.8, 4) is 11.3 Å². The molecule has 1 saturated heterocycles. The number of piperidine rings is 1. The zero-order valence-electron chi connectivity index (χ0n) is 15.4. The lowest BCUT2D eigenvalue weighted by atomic mass is 9.71. The highest BCUT2D eigenvalue weighted by molar-refractivity contribution is 6.43. The van der Waals surface area contributed by atoms with E-state index in [-0.39, 0.29) is 0 Å². The molecular formula is C21H25Cl2N3. The molecule has 1 aliphatic heterocycles. The lowest BCUT2D eigenvalue weighted by Gasteiger charge is -2.42. The van der Waals surface area contributed by atoms with Gasteiger partial charge in [0.25, 0.3) is 0 Å². The van der Waals surface area contributed by atoms with Gasteiger partial charge < -0.3 is 4.90 Å². The highest BCUT2D eigenvalue weighted by Crippen LogP contribution is 2.50. The molecule has 0 amide bonds. The van der Waals surface area contributed by atoms with Gasteiger partial charge in [0.2, 0.25) is 0 Å². The number of halogens is 2. The van der Waals surface area contributed by atoms with Crippen molar-refractivity contribution in [3.63, 3.8) is 0 Å². The van der Waals surface area contributed by atoms with E-state index in [4.69, 9.17) is 28.2 Å². The summed E-state index contributed by atoms with van der Waals surface area (Å²) in [6, 6.07) is 5.63. The van der Waals surface area contributed by atoms with Crippen molar-refractivity contribution >= 4 is 29.0 Å². The first-order valence-electron chi connectivity index (χ1n) is 9.53. The zero-order valence-corrected chi connectivity index (χ0v) is 16.9. The van der Waals surface area contributed by atoms with Crippen molar-refractivity contribution in [1.29, 1.82) is 0 Å². The molecule has 1 aromatic heterocycles. The number of aromatic nitrogens is 2. The lowest BCUT2D eigenvalue weighted by molar-refractivity contribution is 0.161. The minimum Gasteiger partial charge on any atom is -0.355 e. The molecule has 4 rings (SSSR count). The SMILES string of the molecule is Cc1nc(N2CCC3(CCC[C@H]3C)CC2)cnc1-c1cccc(Cl)c1Cl. The highest BCUT2D eigenvalue weighted by Gasteiger charge is 2.42. The van der Waals surface area contributed by atoms with Gasteiger partial charge >= 0.3 is 0 Å². The second-order valence-corrected chi connectivity index (χ2v) is 8.69. The third-order valence-corrected chi connectivity index (χ3v) is 7.40. The van der Waals surface area contributed by atoms with E-state index in [2.05, 4.69) is 16.8 Å². The normalized spacial score (nSPS) is 22.2. The third kappa shape index (κ3) is 3.10. The number of rotatable bonds is 2. The van der Waals surface area contributed by atoms with Crippen LogP contribution in [0, 0.1) is 18.3 Å². The second-order valence-electron chi connectivity index (χ2n) is 7.91. The molecule has 0 radical (unpaired) electrons. The van der Waals surface area contributed by atoms with Crippen LogP contribution in [0.4, 0.5) is 5.82 Å². The Balaban J connectivity index is 1.55. The first-order valence-corrected chi connectivity index (χ1v) is 10.3. The van der Waals surface area contributed by atoms with E-state index in [0.29, 0.717) is 15.5 Å². The quantitative estimate of drug-likeness (QED) is 0.614. The number of hydrogen-bond donors (Lipinski definition) is 0. The molecule has 138 valence electrons. The zero-order chi connectivity index (χ0) is 18.3. The number of anilines is 1. The van der Waals surface area contributed by atoms with Gasteiger partial charge in [0.1, 0.15) is 5.82 Å². The maximum atomic E-state index is 6.36. The average Bonchev–Trinajstić information content (AvgIpc) is 2.98. The van der Waals surface area contributed by atoms with E-state index in [1.54, 1.807) is 6.07 Å². The topological polar surface area (TPSA) is 29.0 Å². The van der Waals surface area contributed by atoms with Crippen molar-refractivity contribution in [2.45, 2.75) is 46.0 Å². The summed E-state index contributed by atoms with van der Waals surface area (Å²) in [4.78, 5) is 11.9. The van der Waals surface area contributed by atoms with Crippen LogP contribution < -0.4 is 4.90 Å². The van der Waals surface area contributed by atoms with Crippen LogP contribution in [-0.4, -0.2) is 23.1 Å². The van der Waals surface area contributed by atoms with Gasteiger partial charge in [-0.05, 0) is 43.6 Å². The molecule has 0 N–H and O–H groups in total. The molecule has 2 fully saturated rings. The van der Waals surface area contributed by atoms with Crippen LogP contribution in [0.25, 0.3) is 11.3 Å². The first kappa shape index (κ1) is 18.1. The van der Waals surface area contributed by atoms with Crippen LogP contribution in [0.3, 0.4) is 0 Å². The maximum absolute atomic E-state index is 6.36. The molecule has 1 spiro atoms. The Morgan fingerprint density at radius 1 is 1.15 bits per heavy atom. The number of benzene rings is 1. The van der Waals surface area contributed by atoms with Crippen LogP contribution >= 0.6 is 23.2 Å². The Morgan fingerprint density at radius 3 is 2.58 bits per heavy atom. The second kappa shape index (κ2) is 7.01. The van der Waals surface area contributed by atoms with E-state index >= 15 is 0 Å². The molecule has 2 heterocycles. The molecule has 0 unspecified atom stereocenters. The third-order valence-electron chi connectivity index (χ3n) is 6.58. The smallest absolute Gasteiger partial charge is 0.147 e. The van der Waals surface area contributed by atoms with Crippen LogP contribution in [0.5, 0.6) is 0 Å². The number of nitrogens with zero attached hydrogens (tertiary/aromatic N) is 3. The number of hydrogen-bond acceptors (Lipinski definition) is 3. The van der Waals surface area contributed by atoms with E-state index in [1.807, 2.05) is 25.3 Å². The van der Waals surface area contributed by atoms with Gasteiger partial charge in [-0.15, -0.1) is 0 Å². The molecule has 3 nitrogen and oxygen atoms in total. The van der Waals surface area contributed by atoms with Crippen LogP contribution in [-0.2, 0) is 0 Å². The summed E-state index contributed by atoms with van der Waals surface area (Å²) in [5, 5.41) is 1.08. The van der Waals surface area contributed by atoms with Gasteiger partial charge in [-0.2, -0.15) is 0 Å². The van der Waals surface area contributed by atoms with E-state index in [0.717, 1.165) is 41.8 Å². The molecule has 5 heteroatoms. The fourth-order valence-electron chi connectivity index (χ4n) is 4.81. The summed E-state index contributed by atoms with van der Waals surface area (Å²) in [5.74, 6) is 1.84. The highest BCUT2D eigenvalue weighted by atomic mass is 35.5. The fourth-order valence-corrected chi connectivity index (χ4v) is 5.20. The van der Waals surface area contributed by atoms with Gasteiger partial charge in [-0.3, -0.25) is 4.98 Å². The number of aryl methyl sites for hydroxylation is 1. The van der Waals surface area contributed by atoms with Gasteiger partial charge in [-0.1, -0.05) is 55.1 Å². The molecule has 1 atom stereocenters. The average molecular weight is 390 g/mol. The lowest BCUT2D eigenvalue weighted by Crippen LogP contribution is -2.41. The predicted molar refractivity (Wildman–Crippen MR) is 109 cm³/mol. The summed E-state index contributed by atoms with van der Waals surface area (Å²) >= 11 is 12.5. The van der Waals surface area contributed by atoms with Crippen molar-refractivity contribution in [3.05, 3.63) is 40.1 Å². The Kier molecular flexibility index (Phi) is 4.87. The maximum Gasteiger partial charge on any atom is 0.147 e. The van der Waals surface area contributed by atoms with E-state index in [1.165, 1.54) is 32.1 Å². The van der Waals surface area contributed by atoms with E-state index in [9.17, 15) is 0 Å². The monoisotopic (exact) mass is 389 g/mol. The molecule has 2 aliphatic rings. The van der Waals surface area contributed by atoms with Gasteiger partial charge in [-0.25, -0.2) is 4.98 Å². The molecule has 2 aromatic rings. The van der Waals surface area contributed by atoms with Gasteiger partial charge in [0.05, 0.1) is 27.6 Å². The van der Waals surface area contributed by atoms with Crippen molar-refractivity contribution in [2.24, 2.45) is 11.3 Å². The predicted octanol–water partition coefficient (Wildman–Crippen LogP) is 6.17. The largest absolute Gasteiger partial charge is 0.355 e. The molecule has 0 bridgehead atoms. The molecule has 1 saturated carbocycles. The van der Waals surface area contributed by atoms with Gasteiger partial charge in [0, 0.05) is 18.7 Å². The summed E-state index contributed by atoms with van der Waals surface area (Å²) in [6.45, 7) is 6.59. The van der Waals surface area contributed by atoms with Crippen molar-refractivity contribution < 1.29 is 0 Å². The Hall–Kier alpha value is -1.32. The van der Waals surface area contributed by atoms with E-state index < -0.39 is 0 Å². The first-order chi connectivity index (χ1) is 12.5. The molecular weight excluding hydrogens is 365 g/mol. The molecule has 26 heavy (non-hydrogen) atoms. The van der Waals surface area contributed by atoms with Crippen molar-refractivity contribution in [2.75, 3.05) is 18.0 Å². The van der Waals surface area contributed by atoms with Gasteiger partial charge in [0.15, 0.2) is 0 Å². The minimum absolute atomic E-state index is 0.537. The summed E-state index contributed by atoms with van der Waals surface area (Å²) in [7, 11) is 0. The minimum atomic E-state index is 0.537. The summed E-state index contributed by atoms with van der Waals surface area (Å²) in [5.41, 5.74) is 3.11. The van der Waals surface area contributed by atoms with Crippen LogP contribution in [0.2, 0.25) is 10.0 Å². The summed E-state index contributed by atoms with van der Waals surface area (Å²) < 4.78 is 0. The Bertz CT molecular complexity index is 813. The van der Waals surface area contributed by atoms with Crippen molar-refractivity contribution in [1.82, 2.24) is 9.97 Å². The Labute approximate surface area is 165 Å². The molecule has 1 aliphatic carbocycles. The fraction of sp³-hybridized carbons (Fsp3) is 0.524. The van der Waals surface area contributed by atoms with Crippen LogP contribution in [0.1, 0.15) is 44.7 Å². The molecule has 1 aromatic carbocycles. The van der Waals surface area contributed by atoms with Crippen LogP contribution in [0.15, 0.2) is 24.4 Å². The standard InChI is InChI=1S/C21H25Cl2N3/c1-14-5-4-8-21(14)9-11-26(12-10-21)18-13-24-20(15(2)25-18)16-6-3-7-17(22)19(16)23/h3,6-7,13-14H,4-5,8-12H2,1-2H3/t14-/m1/s1. The Morgan fingerprint density at radius 2 is 1.92 bits per heavy atom. The summed E-state index contributed by atoms with van der Waals surface area (Å²) in [6.07, 6.45) is 8.63.